The molecule has 1 atom stereocenters. The molecule has 0 aliphatic carbocycles. The summed E-state index contributed by atoms with van der Waals surface area (Å²) in [6, 6.07) is 6.02. The van der Waals surface area contributed by atoms with Gasteiger partial charge >= 0.3 is 0 Å². The fourth-order valence-electron chi connectivity index (χ4n) is 1.71. The lowest BCUT2D eigenvalue weighted by Crippen LogP contribution is -2.23. The van der Waals surface area contributed by atoms with Gasteiger partial charge in [0.15, 0.2) is 0 Å². The molecule has 0 unspecified atom stereocenters. The lowest BCUT2D eigenvalue weighted by molar-refractivity contribution is 0.0921. The highest BCUT2D eigenvalue weighted by atomic mass is 16.5. The first-order chi connectivity index (χ1) is 6.81. The molecule has 1 aromatic carbocycles. The van der Waals surface area contributed by atoms with Gasteiger partial charge in [-0.3, -0.25) is 0 Å². The van der Waals surface area contributed by atoms with Crippen LogP contribution in [0.3, 0.4) is 0 Å². The van der Waals surface area contributed by atoms with Gasteiger partial charge in [-0.25, -0.2) is 0 Å². The van der Waals surface area contributed by atoms with Crippen LogP contribution in [-0.4, -0.2) is 13.2 Å². The molecule has 0 bridgehead atoms. The Kier molecular flexibility index (Phi) is 2.70. The fourth-order valence-corrected chi connectivity index (χ4v) is 1.71. The highest BCUT2D eigenvalue weighted by Gasteiger charge is 2.17. The van der Waals surface area contributed by atoms with Crippen LogP contribution in [0, 0.1) is 0 Å². The highest BCUT2D eigenvalue weighted by molar-refractivity contribution is 5.38. The van der Waals surface area contributed by atoms with Gasteiger partial charge in [0.25, 0.3) is 0 Å². The van der Waals surface area contributed by atoms with Crippen LogP contribution < -0.4 is 10.5 Å². The minimum atomic E-state index is 0.00873. The third-order valence-corrected chi connectivity index (χ3v) is 2.38. The minimum Gasteiger partial charge on any atom is -0.494 e. The van der Waals surface area contributed by atoms with Gasteiger partial charge < -0.3 is 15.2 Å². The van der Waals surface area contributed by atoms with E-state index in [4.69, 9.17) is 15.2 Å². The summed E-state index contributed by atoms with van der Waals surface area (Å²) in [5.74, 6) is 0.893. The van der Waals surface area contributed by atoms with Crippen LogP contribution in [0.5, 0.6) is 5.75 Å². The van der Waals surface area contributed by atoms with Crippen molar-refractivity contribution in [2.24, 2.45) is 5.73 Å². The molecule has 2 N–H and O–H groups in total. The molecule has 0 saturated carbocycles. The predicted molar refractivity (Wildman–Crippen MR) is 54.2 cm³/mol. The summed E-state index contributed by atoms with van der Waals surface area (Å²) in [6.45, 7) is 3.91. The molecule has 1 heterocycles. The molecule has 0 radical (unpaired) electrons. The molecule has 1 aromatic rings. The molecule has 0 aromatic heterocycles. The van der Waals surface area contributed by atoms with Crippen molar-refractivity contribution in [3.8, 4) is 5.75 Å². The molecule has 2 rings (SSSR count). The van der Waals surface area contributed by atoms with E-state index in [1.54, 1.807) is 0 Å². The van der Waals surface area contributed by atoms with E-state index in [1.807, 2.05) is 25.1 Å². The second-order valence-electron chi connectivity index (χ2n) is 3.42. The highest BCUT2D eigenvalue weighted by Crippen LogP contribution is 2.26. The zero-order valence-electron chi connectivity index (χ0n) is 8.32. The van der Waals surface area contributed by atoms with Crippen LogP contribution >= 0.6 is 0 Å². The maximum Gasteiger partial charge on any atom is 0.119 e. The Morgan fingerprint density at radius 1 is 1.57 bits per heavy atom. The Bertz CT molecular complexity index is 325. The van der Waals surface area contributed by atoms with Gasteiger partial charge in [-0.2, -0.15) is 0 Å². The standard InChI is InChI=1S/C11H15NO2/c1-2-14-9-3-4-10-8(5-9)6-13-7-11(10)12/h3-5,11H,2,6-7,12H2,1H3/t11-/m0/s1. The lowest BCUT2D eigenvalue weighted by Gasteiger charge is -2.22. The number of hydrogen-bond donors (Lipinski definition) is 1. The molecular formula is C11H15NO2. The smallest absolute Gasteiger partial charge is 0.119 e. The molecule has 3 nitrogen and oxygen atoms in total. The summed E-state index contributed by atoms with van der Waals surface area (Å²) in [5, 5.41) is 0. The summed E-state index contributed by atoms with van der Waals surface area (Å²) in [5.41, 5.74) is 8.23. The van der Waals surface area contributed by atoms with E-state index < -0.39 is 0 Å². The lowest BCUT2D eigenvalue weighted by atomic mass is 9.99. The maximum absolute atomic E-state index is 5.90. The third kappa shape index (κ3) is 1.74. The third-order valence-electron chi connectivity index (χ3n) is 2.38. The fraction of sp³-hybridized carbons (Fsp3) is 0.455. The first-order valence-electron chi connectivity index (χ1n) is 4.90. The van der Waals surface area contributed by atoms with Gasteiger partial charge in [0.05, 0.1) is 25.9 Å². The Hall–Kier alpha value is -1.06. The van der Waals surface area contributed by atoms with Crippen molar-refractivity contribution in [1.82, 2.24) is 0 Å². The molecule has 0 saturated heterocycles. The van der Waals surface area contributed by atoms with Gasteiger partial charge in [-0.1, -0.05) is 6.07 Å². The summed E-state index contributed by atoms with van der Waals surface area (Å²) in [6.07, 6.45) is 0. The van der Waals surface area contributed by atoms with Crippen molar-refractivity contribution in [3.63, 3.8) is 0 Å². The second-order valence-corrected chi connectivity index (χ2v) is 3.42. The number of fused-ring (bicyclic) bond motifs is 1. The van der Waals surface area contributed by atoms with E-state index in [9.17, 15) is 0 Å². The maximum atomic E-state index is 5.90. The average Bonchev–Trinajstić information content (AvgIpc) is 2.18. The van der Waals surface area contributed by atoms with Gasteiger partial charge in [-0.05, 0) is 30.2 Å². The first kappa shape index (κ1) is 9.49. The molecule has 0 spiro atoms. The van der Waals surface area contributed by atoms with Crippen LogP contribution in [0.2, 0.25) is 0 Å². The van der Waals surface area contributed by atoms with E-state index in [0.29, 0.717) is 19.8 Å². The second kappa shape index (κ2) is 3.98. The van der Waals surface area contributed by atoms with Crippen molar-refractivity contribution in [3.05, 3.63) is 29.3 Å². The van der Waals surface area contributed by atoms with Crippen LogP contribution in [0.1, 0.15) is 24.1 Å². The van der Waals surface area contributed by atoms with Gasteiger partial charge in [-0.15, -0.1) is 0 Å². The quantitative estimate of drug-likeness (QED) is 0.776. The van der Waals surface area contributed by atoms with E-state index in [1.165, 1.54) is 5.56 Å². The molecular weight excluding hydrogens is 178 g/mol. The van der Waals surface area contributed by atoms with Crippen molar-refractivity contribution in [2.45, 2.75) is 19.6 Å². The monoisotopic (exact) mass is 193 g/mol. The minimum absolute atomic E-state index is 0.00873. The molecule has 3 heteroatoms. The molecule has 14 heavy (non-hydrogen) atoms. The van der Waals surface area contributed by atoms with Gasteiger partial charge in [0, 0.05) is 0 Å². The van der Waals surface area contributed by atoms with Crippen LogP contribution in [0.15, 0.2) is 18.2 Å². The van der Waals surface area contributed by atoms with Crippen LogP contribution in [0.4, 0.5) is 0 Å². The van der Waals surface area contributed by atoms with Crippen LogP contribution in [-0.2, 0) is 11.3 Å². The van der Waals surface area contributed by atoms with E-state index in [0.717, 1.165) is 11.3 Å². The summed E-state index contributed by atoms with van der Waals surface area (Å²) in [7, 11) is 0. The number of ether oxygens (including phenoxy) is 2. The van der Waals surface area contributed by atoms with Gasteiger partial charge in [0.2, 0.25) is 0 Å². The molecule has 0 amide bonds. The predicted octanol–water partition coefficient (Wildman–Crippen LogP) is 1.62. The van der Waals surface area contributed by atoms with E-state index >= 15 is 0 Å². The zero-order chi connectivity index (χ0) is 9.97. The Balaban J connectivity index is 2.29. The average molecular weight is 193 g/mol. The largest absolute Gasteiger partial charge is 0.494 e. The topological polar surface area (TPSA) is 44.5 Å². The number of hydrogen-bond acceptors (Lipinski definition) is 3. The Morgan fingerprint density at radius 2 is 2.43 bits per heavy atom. The molecule has 0 fully saturated rings. The van der Waals surface area contributed by atoms with Gasteiger partial charge in [0.1, 0.15) is 5.75 Å². The SMILES string of the molecule is CCOc1ccc2c(c1)COC[C@@H]2N. The summed E-state index contributed by atoms with van der Waals surface area (Å²) < 4.78 is 10.8. The van der Waals surface area contributed by atoms with Crippen molar-refractivity contribution in [2.75, 3.05) is 13.2 Å². The number of nitrogens with two attached hydrogens (primary N) is 1. The molecule has 1 aliphatic rings. The van der Waals surface area contributed by atoms with Crippen molar-refractivity contribution < 1.29 is 9.47 Å². The first-order valence-corrected chi connectivity index (χ1v) is 4.90. The molecule has 76 valence electrons. The Morgan fingerprint density at radius 3 is 3.21 bits per heavy atom. The number of benzene rings is 1. The normalized spacial score (nSPS) is 20.3. The molecule has 1 aliphatic heterocycles. The zero-order valence-corrected chi connectivity index (χ0v) is 8.32. The van der Waals surface area contributed by atoms with E-state index in [2.05, 4.69) is 0 Å². The van der Waals surface area contributed by atoms with Crippen molar-refractivity contribution in [1.29, 1.82) is 0 Å². The summed E-state index contributed by atoms with van der Waals surface area (Å²) in [4.78, 5) is 0. The van der Waals surface area contributed by atoms with Crippen LogP contribution in [0.25, 0.3) is 0 Å². The van der Waals surface area contributed by atoms with Crippen molar-refractivity contribution >= 4 is 0 Å². The number of rotatable bonds is 2. The van der Waals surface area contributed by atoms with E-state index in [-0.39, 0.29) is 6.04 Å². The Labute approximate surface area is 83.8 Å². The summed E-state index contributed by atoms with van der Waals surface area (Å²) >= 11 is 0.